The van der Waals surface area contributed by atoms with Crippen LogP contribution in [0.2, 0.25) is 0 Å². The van der Waals surface area contributed by atoms with Gasteiger partial charge in [-0.05, 0) is 33.6 Å². The number of methoxy groups -OCH3 is 1. The minimum atomic E-state index is -0.482. The van der Waals surface area contributed by atoms with Crippen LogP contribution >= 0.6 is 0 Å². The summed E-state index contributed by atoms with van der Waals surface area (Å²) in [5, 5.41) is 0. The lowest BCUT2D eigenvalue weighted by Crippen LogP contribution is -2.40. The average Bonchev–Trinajstić information content (AvgIpc) is 2.36. The fraction of sp³-hybridized carbons (Fsp3) is 0.857. The third kappa shape index (κ3) is 6.86. The second-order valence-corrected chi connectivity index (χ2v) is 5.95. The van der Waals surface area contributed by atoms with Gasteiger partial charge in [-0.2, -0.15) is 0 Å². The number of esters is 2. The van der Waals surface area contributed by atoms with Crippen molar-refractivity contribution in [3.8, 4) is 0 Å². The van der Waals surface area contributed by atoms with Crippen LogP contribution in [0.5, 0.6) is 0 Å². The zero-order chi connectivity index (χ0) is 15.2. The number of carbonyl (C=O) groups excluding carboxylic acids is 2. The van der Waals surface area contributed by atoms with Crippen molar-refractivity contribution in [2.24, 2.45) is 0 Å². The molecule has 0 unspecified atom stereocenters. The van der Waals surface area contributed by atoms with Gasteiger partial charge < -0.3 is 14.2 Å². The Kier molecular flexibility index (Phi) is 6.42. The summed E-state index contributed by atoms with van der Waals surface area (Å²) in [6, 6.07) is 0. The van der Waals surface area contributed by atoms with E-state index in [1.165, 1.54) is 7.11 Å². The lowest BCUT2D eigenvalue weighted by molar-refractivity contribution is -0.163. The van der Waals surface area contributed by atoms with E-state index in [0.717, 1.165) is 25.9 Å². The van der Waals surface area contributed by atoms with Gasteiger partial charge in [-0.3, -0.25) is 9.69 Å². The van der Waals surface area contributed by atoms with E-state index in [1.807, 2.05) is 25.7 Å². The fourth-order valence-electron chi connectivity index (χ4n) is 2.04. The second-order valence-electron chi connectivity index (χ2n) is 5.95. The molecular weight excluding hydrogens is 262 g/mol. The SMILES string of the molecule is COC(=O)CN1CCC(OCC(=O)OC(C)(C)C)CC1. The predicted octanol–water partition coefficient (Wildman–Crippen LogP) is 0.982. The Balaban J connectivity index is 2.19. The lowest BCUT2D eigenvalue weighted by Gasteiger charge is -2.31. The van der Waals surface area contributed by atoms with E-state index >= 15 is 0 Å². The van der Waals surface area contributed by atoms with E-state index in [1.54, 1.807) is 0 Å². The quantitative estimate of drug-likeness (QED) is 0.702. The molecule has 0 aromatic carbocycles. The predicted molar refractivity (Wildman–Crippen MR) is 73.3 cm³/mol. The minimum Gasteiger partial charge on any atom is -0.468 e. The first kappa shape index (κ1) is 16.9. The third-order valence-electron chi connectivity index (χ3n) is 2.97. The number of piperidine rings is 1. The van der Waals surface area contributed by atoms with E-state index in [-0.39, 0.29) is 24.6 Å². The maximum absolute atomic E-state index is 11.5. The summed E-state index contributed by atoms with van der Waals surface area (Å²) in [6.07, 6.45) is 1.66. The molecule has 1 aliphatic rings. The van der Waals surface area contributed by atoms with E-state index in [2.05, 4.69) is 4.74 Å². The molecule has 0 spiro atoms. The lowest BCUT2D eigenvalue weighted by atomic mass is 10.1. The van der Waals surface area contributed by atoms with Gasteiger partial charge in [0.25, 0.3) is 0 Å². The summed E-state index contributed by atoms with van der Waals surface area (Å²) < 4.78 is 15.4. The molecule has 0 amide bonds. The Labute approximate surface area is 120 Å². The van der Waals surface area contributed by atoms with Crippen LogP contribution in [-0.4, -0.2) is 61.9 Å². The maximum Gasteiger partial charge on any atom is 0.332 e. The van der Waals surface area contributed by atoms with E-state index in [0.29, 0.717) is 6.54 Å². The first-order valence-corrected chi connectivity index (χ1v) is 6.93. The summed E-state index contributed by atoms with van der Waals surface area (Å²) in [6.45, 7) is 7.33. The smallest absolute Gasteiger partial charge is 0.332 e. The first-order valence-electron chi connectivity index (χ1n) is 6.93. The molecule has 0 aliphatic carbocycles. The van der Waals surface area contributed by atoms with Gasteiger partial charge in [0.15, 0.2) is 0 Å². The highest BCUT2D eigenvalue weighted by Gasteiger charge is 2.23. The summed E-state index contributed by atoms with van der Waals surface area (Å²) in [5.41, 5.74) is -0.482. The molecule has 0 aromatic rings. The summed E-state index contributed by atoms with van der Waals surface area (Å²) in [5.74, 6) is -0.562. The molecule has 6 heteroatoms. The van der Waals surface area contributed by atoms with Crippen LogP contribution in [0.1, 0.15) is 33.6 Å². The Morgan fingerprint density at radius 3 is 2.25 bits per heavy atom. The van der Waals surface area contributed by atoms with Gasteiger partial charge >= 0.3 is 11.9 Å². The number of carbonyl (C=O) groups is 2. The van der Waals surface area contributed by atoms with E-state index in [4.69, 9.17) is 9.47 Å². The van der Waals surface area contributed by atoms with Gasteiger partial charge in [-0.25, -0.2) is 4.79 Å². The van der Waals surface area contributed by atoms with Crippen molar-refractivity contribution < 1.29 is 23.8 Å². The zero-order valence-corrected chi connectivity index (χ0v) is 12.8. The highest BCUT2D eigenvalue weighted by atomic mass is 16.6. The van der Waals surface area contributed by atoms with Gasteiger partial charge in [0, 0.05) is 13.1 Å². The summed E-state index contributed by atoms with van der Waals surface area (Å²) in [4.78, 5) is 24.7. The number of hydrogen-bond donors (Lipinski definition) is 0. The number of likely N-dealkylation sites (tertiary alicyclic amines) is 1. The average molecular weight is 287 g/mol. The van der Waals surface area contributed by atoms with Gasteiger partial charge in [0.1, 0.15) is 12.2 Å². The van der Waals surface area contributed by atoms with Gasteiger partial charge in [0.2, 0.25) is 0 Å². The van der Waals surface area contributed by atoms with Gasteiger partial charge in [0.05, 0.1) is 19.8 Å². The molecule has 0 atom stereocenters. The van der Waals surface area contributed by atoms with Crippen molar-refractivity contribution in [2.45, 2.75) is 45.3 Å². The summed E-state index contributed by atoms with van der Waals surface area (Å²) in [7, 11) is 1.39. The Morgan fingerprint density at radius 2 is 1.75 bits per heavy atom. The van der Waals surface area contributed by atoms with Crippen LogP contribution < -0.4 is 0 Å². The number of hydrogen-bond acceptors (Lipinski definition) is 6. The standard InChI is InChI=1S/C14H25NO5/c1-14(2,3)20-13(17)10-19-11-5-7-15(8-6-11)9-12(16)18-4/h11H,5-10H2,1-4H3. The molecule has 1 rings (SSSR count). The van der Waals surface area contributed by atoms with E-state index < -0.39 is 5.60 Å². The number of ether oxygens (including phenoxy) is 3. The van der Waals surface area contributed by atoms with Crippen LogP contribution in [0, 0.1) is 0 Å². The van der Waals surface area contributed by atoms with Crippen molar-refractivity contribution in [2.75, 3.05) is 33.4 Å². The maximum atomic E-state index is 11.5. The van der Waals surface area contributed by atoms with Crippen LogP contribution in [0.25, 0.3) is 0 Å². The zero-order valence-electron chi connectivity index (χ0n) is 12.8. The molecule has 1 fully saturated rings. The largest absolute Gasteiger partial charge is 0.468 e. The van der Waals surface area contributed by atoms with Crippen molar-refractivity contribution in [3.05, 3.63) is 0 Å². The first-order chi connectivity index (χ1) is 9.30. The Bertz CT molecular complexity index is 329. The minimum absolute atomic E-state index is 0.0149. The molecule has 0 saturated carbocycles. The highest BCUT2D eigenvalue weighted by molar-refractivity contribution is 5.71. The number of nitrogens with zero attached hydrogens (tertiary/aromatic N) is 1. The molecule has 1 saturated heterocycles. The normalized spacial score (nSPS) is 17.8. The Hall–Kier alpha value is -1.14. The fourth-order valence-corrected chi connectivity index (χ4v) is 2.04. The molecule has 116 valence electrons. The summed E-state index contributed by atoms with van der Waals surface area (Å²) >= 11 is 0. The molecular formula is C14H25NO5. The second kappa shape index (κ2) is 7.59. The van der Waals surface area contributed by atoms with Crippen molar-refractivity contribution >= 4 is 11.9 Å². The van der Waals surface area contributed by atoms with Crippen LogP contribution in [-0.2, 0) is 23.8 Å². The molecule has 0 aromatic heterocycles. The van der Waals surface area contributed by atoms with Crippen molar-refractivity contribution in [1.82, 2.24) is 4.90 Å². The third-order valence-corrected chi connectivity index (χ3v) is 2.97. The highest BCUT2D eigenvalue weighted by Crippen LogP contribution is 2.14. The van der Waals surface area contributed by atoms with Crippen LogP contribution in [0.15, 0.2) is 0 Å². The molecule has 20 heavy (non-hydrogen) atoms. The van der Waals surface area contributed by atoms with Crippen molar-refractivity contribution in [1.29, 1.82) is 0 Å². The van der Waals surface area contributed by atoms with Gasteiger partial charge in [-0.1, -0.05) is 0 Å². The molecule has 1 aliphatic heterocycles. The van der Waals surface area contributed by atoms with Gasteiger partial charge in [-0.15, -0.1) is 0 Å². The van der Waals surface area contributed by atoms with E-state index in [9.17, 15) is 9.59 Å². The monoisotopic (exact) mass is 287 g/mol. The van der Waals surface area contributed by atoms with Crippen LogP contribution in [0.4, 0.5) is 0 Å². The Morgan fingerprint density at radius 1 is 1.15 bits per heavy atom. The number of rotatable bonds is 5. The molecule has 6 nitrogen and oxygen atoms in total. The molecule has 0 N–H and O–H groups in total. The molecule has 0 bridgehead atoms. The van der Waals surface area contributed by atoms with Crippen LogP contribution in [0.3, 0.4) is 0 Å². The topological polar surface area (TPSA) is 65.1 Å². The van der Waals surface area contributed by atoms with Crippen molar-refractivity contribution in [3.63, 3.8) is 0 Å². The molecule has 1 heterocycles. The molecule has 0 radical (unpaired) electrons.